The summed E-state index contributed by atoms with van der Waals surface area (Å²) in [6, 6.07) is 25.1. The Morgan fingerprint density at radius 1 is 0.938 bits per heavy atom. The maximum atomic E-state index is 8.94. The van der Waals surface area contributed by atoms with Gasteiger partial charge in [0.2, 0.25) is 0 Å². The van der Waals surface area contributed by atoms with Gasteiger partial charge in [-0.25, -0.2) is 4.98 Å². The van der Waals surface area contributed by atoms with Crippen LogP contribution in [0.1, 0.15) is 17.5 Å². The zero-order valence-electron chi connectivity index (χ0n) is 17.6. The molecule has 0 fully saturated rings. The van der Waals surface area contributed by atoms with E-state index >= 15 is 0 Å². The summed E-state index contributed by atoms with van der Waals surface area (Å²) in [7, 11) is 0. The third-order valence-corrected chi connectivity index (χ3v) is 4.89. The first-order valence-electron chi connectivity index (χ1n) is 10.5. The molecule has 0 amide bonds. The Bertz CT molecular complexity index is 1150. The van der Waals surface area contributed by atoms with Crippen molar-refractivity contribution >= 4 is 5.69 Å². The minimum atomic E-state index is 0.606. The zero-order valence-corrected chi connectivity index (χ0v) is 17.6. The fraction of sp³-hybridized carbons (Fsp3) is 0.154. The molecule has 6 heteroatoms. The molecule has 160 valence electrons. The quantitative estimate of drug-likeness (QED) is 0.334. The van der Waals surface area contributed by atoms with Crippen molar-refractivity contribution in [1.29, 1.82) is 5.26 Å². The van der Waals surface area contributed by atoms with Crippen molar-refractivity contribution in [3.8, 4) is 23.3 Å². The molecule has 1 heterocycles. The average Bonchev–Trinajstić information content (AvgIpc) is 3.36. The molecule has 0 radical (unpaired) electrons. The number of aryl methyl sites for hydroxylation is 1. The van der Waals surface area contributed by atoms with Crippen LogP contribution in [-0.4, -0.2) is 16.2 Å². The van der Waals surface area contributed by atoms with Crippen LogP contribution in [-0.2, 0) is 13.1 Å². The topological polar surface area (TPSA) is 72.1 Å². The third kappa shape index (κ3) is 5.89. The molecule has 3 aromatic carbocycles. The molecule has 0 saturated heterocycles. The molecule has 1 aromatic heterocycles. The highest BCUT2D eigenvalue weighted by atomic mass is 16.5. The molecule has 0 unspecified atom stereocenters. The Kier molecular flexibility index (Phi) is 7.02. The highest BCUT2D eigenvalue weighted by Crippen LogP contribution is 2.30. The third-order valence-electron chi connectivity index (χ3n) is 4.89. The van der Waals surface area contributed by atoms with Crippen LogP contribution in [0.3, 0.4) is 0 Å². The Balaban J connectivity index is 1.28. The molecule has 0 aliphatic heterocycles. The lowest BCUT2D eigenvalue weighted by Gasteiger charge is -2.13. The van der Waals surface area contributed by atoms with Gasteiger partial charge in [-0.15, -0.1) is 0 Å². The largest absolute Gasteiger partial charge is 0.494 e. The second-order valence-corrected chi connectivity index (χ2v) is 7.23. The minimum Gasteiger partial charge on any atom is -0.494 e. The highest BCUT2D eigenvalue weighted by molar-refractivity contribution is 5.58. The first kappa shape index (κ1) is 21.0. The van der Waals surface area contributed by atoms with Gasteiger partial charge in [-0.1, -0.05) is 24.3 Å². The van der Waals surface area contributed by atoms with E-state index in [1.807, 2.05) is 53.5 Å². The van der Waals surface area contributed by atoms with Gasteiger partial charge in [-0.05, 0) is 60.5 Å². The predicted octanol–water partition coefficient (Wildman–Crippen LogP) is 5.63. The highest BCUT2D eigenvalue weighted by Gasteiger charge is 2.05. The smallest absolute Gasteiger partial charge is 0.150 e. The Morgan fingerprint density at radius 3 is 2.47 bits per heavy atom. The lowest BCUT2D eigenvalue weighted by molar-refractivity contribution is 0.301. The number of ether oxygens (including phenoxy) is 2. The van der Waals surface area contributed by atoms with Crippen LogP contribution in [0.2, 0.25) is 0 Å². The SMILES string of the molecule is N#Cc1ccc(Oc2ccccc2NCc2ccc(OCCCn3ccnc3)cc2)cc1. The van der Waals surface area contributed by atoms with Crippen LogP contribution < -0.4 is 14.8 Å². The van der Waals surface area contributed by atoms with E-state index in [2.05, 4.69) is 28.5 Å². The van der Waals surface area contributed by atoms with Crippen molar-refractivity contribution in [3.05, 3.63) is 103 Å². The van der Waals surface area contributed by atoms with Gasteiger partial charge in [0.1, 0.15) is 11.5 Å². The first-order chi connectivity index (χ1) is 15.8. The number of rotatable bonds is 10. The monoisotopic (exact) mass is 424 g/mol. The number of imidazole rings is 1. The lowest BCUT2D eigenvalue weighted by atomic mass is 10.2. The molecule has 0 aliphatic rings. The fourth-order valence-corrected chi connectivity index (χ4v) is 3.18. The first-order valence-corrected chi connectivity index (χ1v) is 10.5. The summed E-state index contributed by atoms with van der Waals surface area (Å²) >= 11 is 0. The van der Waals surface area contributed by atoms with E-state index in [9.17, 15) is 0 Å². The van der Waals surface area contributed by atoms with Crippen LogP contribution in [0.5, 0.6) is 17.2 Å². The zero-order chi connectivity index (χ0) is 22.0. The molecule has 0 aliphatic carbocycles. The van der Waals surface area contributed by atoms with Gasteiger partial charge < -0.3 is 19.4 Å². The molecule has 6 nitrogen and oxygen atoms in total. The van der Waals surface area contributed by atoms with Gasteiger partial charge in [0, 0.05) is 25.5 Å². The minimum absolute atomic E-state index is 0.606. The average molecular weight is 425 g/mol. The Morgan fingerprint density at radius 2 is 1.72 bits per heavy atom. The van der Waals surface area contributed by atoms with Crippen molar-refractivity contribution in [3.63, 3.8) is 0 Å². The van der Waals surface area contributed by atoms with Crippen LogP contribution in [0, 0.1) is 11.3 Å². The summed E-state index contributed by atoms with van der Waals surface area (Å²) in [5.74, 6) is 2.28. The molecule has 0 bridgehead atoms. The number of nitrogens with zero attached hydrogens (tertiary/aromatic N) is 3. The standard InChI is InChI=1S/C26H24N4O2/c27-18-21-6-12-24(13-7-21)32-26-5-2-1-4-25(26)29-19-22-8-10-23(11-9-22)31-17-3-15-30-16-14-28-20-30/h1-2,4-14,16,20,29H,3,15,17,19H2. The Hall–Kier alpha value is -4.24. The number of anilines is 1. The summed E-state index contributed by atoms with van der Waals surface area (Å²) in [4.78, 5) is 4.04. The molecular formula is C26H24N4O2. The van der Waals surface area contributed by atoms with Gasteiger partial charge in [0.25, 0.3) is 0 Å². The number of hydrogen-bond acceptors (Lipinski definition) is 5. The van der Waals surface area contributed by atoms with Crippen LogP contribution in [0.25, 0.3) is 0 Å². The molecule has 0 spiro atoms. The van der Waals surface area contributed by atoms with E-state index in [0.717, 1.165) is 35.7 Å². The molecular weight excluding hydrogens is 400 g/mol. The Labute approximate surface area is 187 Å². The summed E-state index contributed by atoms with van der Waals surface area (Å²) in [5, 5.41) is 12.4. The number of nitriles is 1. The second-order valence-electron chi connectivity index (χ2n) is 7.23. The van der Waals surface area contributed by atoms with Crippen LogP contribution >= 0.6 is 0 Å². The number of nitrogens with one attached hydrogen (secondary N) is 1. The van der Waals surface area contributed by atoms with Gasteiger partial charge in [0.05, 0.1) is 30.3 Å². The van der Waals surface area contributed by atoms with Crippen molar-refractivity contribution in [2.45, 2.75) is 19.5 Å². The lowest BCUT2D eigenvalue weighted by Crippen LogP contribution is -2.04. The van der Waals surface area contributed by atoms with E-state index in [1.165, 1.54) is 0 Å². The van der Waals surface area contributed by atoms with E-state index < -0.39 is 0 Å². The van der Waals surface area contributed by atoms with Gasteiger partial charge in [0.15, 0.2) is 5.75 Å². The van der Waals surface area contributed by atoms with Crippen molar-refractivity contribution in [1.82, 2.24) is 9.55 Å². The molecule has 4 aromatic rings. The van der Waals surface area contributed by atoms with Gasteiger partial charge in [-0.2, -0.15) is 5.26 Å². The van der Waals surface area contributed by atoms with Crippen molar-refractivity contribution < 1.29 is 9.47 Å². The van der Waals surface area contributed by atoms with E-state index in [0.29, 0.717) is 24.5 Å². The summed E-state index contributed by atoms with van der Waals surface area (Å²) in [6.07, 6.45) is 6.48. The molecule has 0 saturated carbocycles. The van der Waals surface area contributed by atoms with E-state index in [4.69, 9.17) is 14.7 Å². The summed E-state index contributed by atoms with van der Waals surface area (Å²) in [5.41, 5.74) is 2.65. The predicted molar refractivity (Wildman–Crippen MR) is 124 cm³/mol. The van der Waals surface area contributed by atoms with Gasteiger partial charge in [-0.3, -0.25) is 0 Å². The number of para-hydroxylation sites is 2. The van der Waals surface area contributed by atoms with E-state index in [-0.39, 0.29) is 0 Å². The van der Waals surface area contributed by atoms with Gasteiger partial charge >= 0.3 is 0 Å². The molecule has 32 heavy (non-hydrogen) atoms. The number of aromatic nitrogens is 2. The van der Waals surface area contributed by atoms with E-state index in [1.54, 1.807) is 30.5 Å². The maximum Gasteiger partial charge on any atom is 0.150 e. The normalized spacial score (nSPS) is 10.3. The second kappa shape index (κ2) is 10.7. The van der Waals surface area contributed by atoms with Crippen LogP contribution in [0.4, 0.5) is 5.69 Å². The van der Waals surface area contributed by atoms with Crippen molar-refractivity contribution in [2.75, 3.05) is 11.9 Å². The maximum absolute atomic E-state index is 8.94. The van der Waals surface area contributed by atoms with Crippen LogP contribution in [0.15, 0.2) is 91.5 Å². The number of benzene rings is 3. The van der Waals surface area contributed by atoms with Crippen molar-refractivity contribution in [2.24, 2.45) is 0 Å². The summed E-state index contributed by atoms with van der Waals surface area (Å²) in [6.45, 7) is 2.22. The number of hydrogen-bond donors (Lipinski definition) is 1. The molecule has 4 rings (SSSR count). The molecule has 0 atom stereocenters. The molecule has 1 N–H and O–H groups in total. The summed E-state index contributed by atoms with van der Waals surface area (Å²) < 4.78 is 13.9. The fourth-order valence-electron chi connectivity index (χ4n) is 3.18.